The molecule has 0 amide bonds. The van der Waals surface area contributed by atoms with Gasteiger partial charge in [-0.25, -0.2) is 9.37 Å². The molecule has 168 valence electrons. The number of nitrogen functional groups attached to an aromatic ring is 1. The summed E-state index contributed by atoms with van der Waals surface area (Å²) in [4.78, 5) is 16.6. The van der Waals surface area contributed by atoms with Crippen molar-refractivity contribution in [1.29, 1.82) is 5.26 Å². The van der Waals surface area contributed by atoms with E-state index in [1.54, 1.807) is 23.2 Å². The predicted molar refractivity (Wildman–Crippen MR) is 121 cm³/mol. The summed E-state index contributed by atoms with van der Waals surface area (Å²) in [5, 5.41) is 9.68. The summed E-state index contributed by atoms with van der Waals surface area (Å²) in [6.07, 6.45) is 3.04. The summed E-state index contributed by atoms with van der Waals surface area (Å²) in [7, 11) is 0. The summed E-state index contributed by atoms with van der Waals surface area (Å²) in [5.41, 5.74) is 6.92. The van der Waals surface area contributed by atoms with Crippen LogP contribution >= 0.6 is 11.6 Å². The molecule has 32 heavy (non-hydrogen) atoms. The van der Waals surface area contributed by atoms with Crippen LogP contribution in [0.5, 0.6) is 6.01 Å². The smallest absolute Gasteiger partial charge is 0.319 e. The van der Waals surface area contributed by atoms with Gasteiger partial charge in [-0.3, -0.25) is 4.90 Å². The van der Waals surface area contributed by atoms with Crippen molar-refractivity contribution in [3.8, 4) is 12.1 Å². The van der Waals surface area contributed by atoms with Crippen LogP contribution in [-0.2, 0) is 0 Å². The number of nitrogens with zero attached hydrogens (tertiary/aromatic N) is 6. The molecule has 0 aromatic carbocycles. The van der Waals surface area contributed by atoms with Crippen molar-refractivity contribution in [3.63, 3.8) is 0 Å². The highest BCUT2D eigenvalue weighted by molar-refractivity contribution is 6.31. The highest BCUT2D eigenvalue weighted by Gasteiger charge is 2.49. The van der Waals surface area contributed by atoms with E-state index in [9.17, 15) is 9.65 Å². The Morgan fingerprint density at radius 1 is 1.53 bits per heavy atom. The first kappa shape index (κ1) is 22.2. The van der Waals surface area contributed by atoms with E-state index in [0.29, 0.717) is 36.6 Å². The Hall–Kier alpha value is -2.96. The Kier molecular flexibility index (Phi) is 6.17. The molecule has 4 heterocycles. The number of nitrogens with two attached hydrogens (primary N) is 1. The summed E-state index contributed by atoms with van der Waals surface area (Å²) < 4.78 is 20.0. The second-order valence-corrected chi connectivity index (χ2v) is 8.46. The molecular formula is C22H25ClFN7O. The molecular weight excluding hydrogens is 433 g/mol. The Balaban J connectivity index is 1.64. The molecule has 2 fully saturated rings. The maximum Gasteiger partial charge on any atom is 0.319 e. The summed E-state index contributed by atoms with van der Waals surface area (Å²) in [6.45, 7) is 8.02. The van der Waals surface area contributed by atoms with Crippen LogP contribution in [0.15, 0.2) is 24.9 Å². The zero-order chi connectivity index (χ0) is 22.9. The van der Waals surface area contributed by atoms with E-state index in [0.717, 1.165) is 19.4 Å². The van der Waals surface area contributed by atoms with Crippen LogP contribution in [0.25, 0.3) is 5.70 Å². The SMILES string of the molecule is C=C(c1cccnc1N)N(CC)c1nc(OC[C@@]23CCCN2C[C@H](F)C3)nc(Cl)c1C#N. The van der Waals surface area contributed by atoms with Crippen LogP contribution in [0.2, 0.25) is 5.15 Å². The number of aromatic nitrogens is 3. The predicted octanol–water partition coefficient (Wildman–Crippen LogP) is 3.43. The van der Waals surface area contributed by atoms with Gasteiger partial charge in [0.25, 0.3) is 0 Å². The lowest BCUT2D eigenvalue weighted by Crippen LogP contribution is -2.43. The van der Waals surface area contributed by atoms with Crippen LogP contribution < -0.4 is 15.4 Å². The summed E-state index contributed by atoms with van der Waals surface area (Å²) >= 11 is 6.33. The lowest BCUT2D eigenvalue weighted by molar-refractivity contribution is 0.107. The molecule has 2 atom stereocenters. The fraction of sp³-hybridized carbons (Fsp3) is 0.455. The lowest BCUT2D eigenvalue weighted by atomic mass is 9.95. The number of rotatable bonds is 7. The molecule has 0 aliphatic carbocycles. The largest absolute Gasteiger partial charge is 0.461 e. The second kappa shape index (κ2) is 8.88. The van der Waals surface area contributed by atoms with Gasteiger partial charge in [-0.05, 0) is 38.4 Å². The van der Waals surface area contributed by atoms with Crippen molar-refractivity contribution in [3.05, 3.63) is 41.2 Å². The quantitative estimate of drug-likeness (QED) is 0.630. The van der Waals surface area contributed by atoms with Gasteiger partial charge in [-0.2, -0.15) is 15.2 Å². The minimum absolute atomic E-state index is 0.0199. The van der Waals surface area contributed by atoms with Gasteiger partial charge in [-0.15, -0.1) is 0 Å². The van der Waals surface area contributed by atoms with E-state index in [1.165, 1.54) is 0 Å². The standard InChI is InChI=1S/C22H25ClFN7O/c1-3-31(14(2)16-6-4-8-27-19(16)26)20-17(11-25)18(23)28-21(29-20)32-13-22-7-5-9-30(22)12-15(24)10-22/h4,6,8,15H,2-3,5,7,9-10,12-13H2,1H3,(H2,26,27)/t15-,22+/m1/s1. The average molecular weight is 458 g/mol. The van der Waals surface area contributed by atoms with Gasteiger partial charge in [0.15, 0.2) is 11.0 Å². The molecule has 2 saturated heterocycles. The van der Waals surface area contributed by atoms with E-state index in [2.05, 4.69) is 32.5 Å². The van der Waals surface area contributed by atoms with Crippen molar-refractivity contribution in [1.82, 2.24) is 19.9 Å². The van der Waals surface area contributed by atoms with Gasteiger partial charge in [0.1, 0.15) is 30.2 Å². The topological polar surface area (TPSA) is 104 Å². The highest BCUT2D eigenvalue weighted by Crippen LogP contribution is 2.40. The minimum Gasteiger partial charge on any atom is -0.461 e. The van der Waals surface area contributed by atoms with Crippen LogP contribution in [-0.4, -0.2) is 57.8 Å². The van der Waals surface area contributed by atoms with Crippen LogP contribution in [0.1, 0.15) is 37.3 Å². The third kappa shape index (κ3) is 3.96. The number of alkyl halides is 1. The Morgan fingerprint density at radius 3 is 3.06 bits per heavy atom. The molecule has 2 aliphatic rings. The third-order valence-corrected chi connectivity index (χ3v) is 6.49. The fourth-order valence-corrected chi connectivity index (χ4v) is 4.88. The summed E-state index contributed by atoms with van der Waals surface area (Å²) in [6, 6.07) is 5.65. The Labute approximate surface area is 191 Å². The number of anilines is 2. The van der Waals surface area contributed by atoms with Crippen LogP contribution in [0.4, 0.5) is 16.0 Å². The van der Waals surface area contributed by atoms with E-state index in [-0.39, 0.29) is 34.7 Å². The molecule has 0 spiro atoms. The molecule has 2 aromatic heterocycles. The Bertz CT molecular complexity index is 1070. The monoisotopic (exact) mass is 457 g/mol. The zero-order valence-corrected chi connectivity index (χ0v) is 18.6. The zero-order valence-electron chi connectivity index (χ0n) is 17.9. The molecule has 0 saturated carbocycles. The molecule has 2 aromatic rings. The first-order chi connectivity index (χ1) is 15.4. The van der Waals surface area contributed by atoms with Gasteiger partial charge in [0.2, 0.25) is 0 Å². The van der Waals surface area contributed by atoms with Crippen molar-refractivity contribution < 1.29 is 9.13 Å². The van der Waals surface area contributed by atoms with Crippen molar-refractivity contribution in [2.75, 3.05) is 36.9 Å². The Morgan fingerprint density at radius 2 is 2.34 bits per heavy atom. The fourth-order valence-electron chi connectivity index (χ4n) is 4.68. The second-order valence-electron chi connectivity index (χ2n) is 8.10. The van der Waals surface area contributed by atoms with E-state index >= 15 is 0 Å². The number of ether oxygens (including phenoxy) is 1. The maximum absolute atomic E-state index is 14.1. The van der Waals surface area contributed by atoms with Crippen molar-refractivity contribution in [2.24, 2.45) is 0 Å². The van der Waals surface area contributed by atoms with Crippen molar-refractivity contribution in [2.45, 2.75) is 37.9 Å². The molecule has 0 bridgehead atoms. The number of hydrogen-bond acceptors (Lipinski definition) is 8. The number of nitriles is 1. The lowest BCUT2D eigenvalue weighted by Gasteiger charge is -2.31. The minimum atomic E-state index is -0.858. The van der Waals surface area contributed by atoms with E-state index in [4.69, 9.17) is 22.1 Å². The third-order valence-electron chi connectivity index (χ3n) is 6.22. The maximum atomic E-state index is 14.1. The molecule has 0 radical (unpaired) electrons. The summed E-state index contributed by atoms with van der Waals surface area (Å²) in [5.74, 6) is 0.586. The molecule has 8 nitrogen and oxygen atoms in total. The number of hydrogen-bond donors (Lipinski definition) is 1. The van der Waals surface area contributed by atoms with Gasteiger partial charge in [-0.1, -0.05) is 18.2 Å². The first-order valence-corrected chi connectivity index (χ1v) is 10.9. The normalized spacial score (nSPS) is 22.4. The molecule has 2 N–H and O–H groups in total. The van der Waals surface area contributed by atoms with Gasteiger partial charge >= 0.3 is 6.01 Å². The van der Waals surface area contributed by atoms with Gasteiger partial charge < -0.3 is 15.4 Å². The molecule has 10 heteroatoms. The van der Waals surface area contributed by atoms with E-state index < -0.39 is 6.17 Å². The molecule has 4 rings (SSSR count). The number of pyridine rings is 1. The average Bonchev–Trinajstić information content (AvgIpc) is 3.28. The first-order valence-electron chi connectivity index (χ1n) is 10.6. The van der Waals surface area contributed by atoms with Crippen molar-refractivity contribution >= 4 is 28.9 Å². The van der Waals surface area contributed by atoms with Gasteiger partial charge in [0.05, 0.1) is 5.54 Å². The van der Waals surface area contributed by atoms with Gasteiger partial charge in [0, 0.05) is 37.0 Å². The van der Waals surface area contributed by atoms with Crippen LogP contribution in [0, 0.1) is 11.3 Å². The number of halogens is 2. The molecule has 0 unspecified atom stereocenters. The van der Waals surface area contributed by atoms with Crippen LogP contribution in [0.3, 0.4) is 0 Å². The van der Waals surface area contributed by atoms with E-state index in [1.807, 2.05) is 6.92 Å². The number of fused-ring (bicyclic) bond motifs is 1. The highest BCUT2D eigenvalue weighted by atomic mass is 35.5. The molecule has 2 aliphatic heterocycles.